The minimum atomic E-state index is -0.214. The van der Waals surface area contributed by atoms with Crippen LogP contribution < -0.4 is 0 Å². The quantitative estimate of drug-likeness (QED) is 0.728. The number of benzene rings is 1. The molecule has 0 amide bonds. The van der Waals surface area contributed by atoms with Crippen molar-refractivity contribution in [3.8, 4) is 0 Å². The number of aryl methyl sites for hydroxylation is 2. The van der Waals surface area contributed by atoms with E-state index in [2.05, 4.69) is 36.2 Å². The number of rotatable bonds is 5. The van der Waals surface area contributed by atoms with Gasteiger partial charge in [0.1, 0.15) is 0 Å². The van der Waals surface area contributed by atoms with Crippen LogP contribution >= 0.6 is 34.5 Å². The first kappa shape index (κ1) is 14.8. The van der Waals surface area contributed by atoms with Gasteiger partial charge in [0, 0.05) is 28.2 Å². The minimum absolute atomic E-state index is 0.214. The number of aromatic nitrogens is 1. The van der Waals surface area contributed by atoms with Crippen LogP contribution in [-0.2, 0) is 11.8 Å². The monoisotopic (exact) mass is 313 g/mol. The Morgan fingerprint density at radius 1 is 1.21 bits per heavy atom. The highest BCUT2D eigenvalue weighted by Crippen LogP contribution is 2.33. The first-order valence-electron chi connectivity index (χ1n) is 6.20. The van der Waals surface area contributed by atoms with Crippen LogP contribution in [-0.4, -0.2) is 16.7 Å². The molecule has 102 valence electrons. The first-order valence-corrected chi connectivity index (χ1v) is 8.08. The van der Waals surface area contributed by atoms with Gasteiger partial charge < -0.3 is 0 Å². The number of halogens is 2. The Bertz CT molecular complexity index is 547. The molecule has 0 saturated heterocycles. The van der Waals surface area contributed by atoms with Crippen LogP contribution in [0.15, 0.2) is 30.5 Å². The normalized spacial score (nSPS) is 11.8. The van der Waals surface area contributed by atoms with Gasteiger partial charge in [-0.3, -0.25) is 0 Å². The van der Waals surface area contributed by atoms with Gasteiger partial charge in [0.2, 0.25) is 0 Å². The van der Waals surface area contributed by atoms with Crippen LogP contribution in [0.5, 0.6) is 0 Å². The van der Waals surface area contributed by atoms with Gasteiger partial charge in [0.25, 0.3) is 0 Å². The van der Waals surface area contributed by atoms with Gasteiger partial charge in [-0.15, -0.1) is 34.5 Å². The van der Waals surface area contributed by atoms with Gasteiger partial charge in [0.15, 0.2) is 0 Å². The fourth-order valence-electron chi connectivity index (χ4n) is 2.18. The molecule has 1 aromatic carbocycles. The molecule has 1 aromatic heterocycles. The predicted molar refractivity (Wildman–Crippen MR) is 84.9 cm³/mol. The van der Waals surface area contributed by atoms with E-state index in [-0.39, 0.29) is 5.41 Å². The average molecular weight is 314 g/mol. The van der Waals surface area contributed by atoms with E-state index < -0.39 is 0 Å². The maximum absolute atomic E-state index is 6.27. The molecule has 0 fully saturated rings. The Balaban J connectivity index is 2.37. The lowest BCUT2D eigenvalue weighted by Crippen LogP contribution is -2.33. The Hall–Kier alpha value is -0.570. The van der Waals surface area contributed by atoms with Crippen LogP contribution in [0.2, 0.25) is 0 Å². The largest absolute Gasteiger partial charge is 0.250 e. The SMILES string of the molecule is Cc1cccc(C(CCl)(CCl)Cc2cnc(C)s2)c1. The van der Waals surface area contributed by atoms with E-state index in [9.17, 15) is 0 Å². The molecule has 0 atom stereocenters. The zero-order valence-corrected chi connectivity index (χ0v) is 13.4. The molecule has 0 aliphatic rings. The molecule has 0 radical (unpaired) electrons. The van der Waals surface area contributed by atoms with E-state index in [0.717, 1.165) is 11.4 Å². The van der Waals surface area contributed by atoms with Crippen molar-refractivity contribution < 1.29 is 0 Å². The third kappa shape index (κ3) is 3.31. The summed E-state index contributed by atoms with van der Waals surface area (Å²) in [5, 5.41) is 1.08. The van der Waals surface area contributed by atoms with Crippen molar-refractivity contribution in [3.05, 3.63) is 51.5 Å². The second-order valence-electron chi connectivity index (χ2n) is 4.94. The molecule has 0 saturated carbocycles. The summed E-state index contributed by atoms with van der Waals surface area (Å²) < 4.78 is 0. The van der Waals surface area contributed by atoms with E-state index in [0.29, 0.717) is 11.8 Å². The van der Waals surface area contributed by atoms with Crippen molar-refractivity contribution in [1.82, 2.24) is 4.98 Å². The highest BCUT2D eigenvalue weighted by molar-refractivity contribution is 7.11. The van der Waals surface area contributed by atoms with E-state index in [1.165, 1.54) is 16.0 Å². The fraction of sp³-hybridized carbons (Fsp3) is 0.400. The molecule has 1 heterocycles. The van der Waals surface area contributed by atoms with Crippen molar-refractivity contribution in [2.45, 2.75) is 25.7 Å². The van der Waals surface area contributed by atoms with Gasteiger partial charge >= 0.3 is 0 Å². The van der Waals surface area contributed by atoms with Crippen LogP contribution in [0.3, 0.4) is 0 Å². The minimum Gasteiger partial charge on any atom is -0.250 e. The molecule has 19 heavy (non-hydrogen) atoms. The zero-order chi connectivity index (χ0) is 13.9. The van der Waals surface area contributed by atoms with Gasteiger partial charge in [0.05, 0.1) is 5.01 Å². The molecule has 0 aliphatic heterocycles. The van der Waals surface area contributed by atoms with Crippen LogP contribution in [0.4, 0.5) is 0 Å². The number of hydrogen-bond acceptors (Lipinski definition) is 2. The molecule has 0 aliphatic carbocycles. The van der Waals surface area contributed by atoms with E-state index in [1.54, 1.807) is 11.3 Å². The third-order valence-corrected chi connectivity index (χ3v) is 5.26. The van der Waals surface area contributed by atoms with Crippen molar-refractivity contribution in [3.63, 3.8) is 0 Å². The highest BCUT2D eigenvalue weighted by Gasteiger charge is 2.31. The van der Waals surface area contributed by atoms with Crippen molar-refractivity contribution in [2.24, 2.45) is 0 Å². The second kappa shape index (κ2) is 6.25. The molecular formula is C15H17Cl2NS. The average Bonchev–Trinajstić information content (AvgIpc) is 2.81. The molecule has 0 unspecified atom stereocenters. The summed E-state index contributed by atoms with van der Waals surface area (Å²) in [6, 6.07) is 8.45. The van der Waals surface area contributed by atoms with Gasteiger partial charge in [-0.25, -0.2) is 4.98 Å². The Morgan fingerprint density at radius 3 is 2.47 bits per heavy atom. The predicted octanol–water partition coefficient (Wildman–Crippen LogP) is 4.72. The van der Waals surface area contributed by atoms with Crippen molar-refractivity contribution >= 4 is 34.5 Å². The summed E-state index contributed by atoms with van der Waals surface area (Å²) in [7, 11) is 0. The number of thiazole rings is 1. The Morgan fingerprint density at radius 2 is 1.95 bits per heavy atom. The van der Waals surface area contributed by atoms with Gasteiger partial charge in [-0.2, -0.15) is 0 Å². The summed E-state index contributed by atoms with van der Waals surface area (Å²) in [4.78, 5) is 5.55. The summed E-state index contributed by atoms with van der Waals surface area (Å²) in [5.41, 5.74) is 2.23. The molecular weight excluding hydrogens is 297 g/mol. The molecule has 2 rings (SSSR count). The van der Waals surface area contributed by atoms with Crippen molar-refractivity contribution in [2.75, 3.05) is 11.8 Å². The maximum Gasteiger partial charge on any atom is 0.0896 e. The molecule has 2 aromatic rings. The van der Waals surface area contributed by atoms with Gasteiger partial charge in [-0.05, 0) is 25.8 Å². The molecule has 0 bridgehead atoms. The van der Waals surface area contributed by atoms with Crippen LogP contribution in [0.1, 0.15) is 21.0 Å². The summed E-state index contributed by atoms with van der Waals surface area (Å²) in [5.74, 6) is 1.02. The second-order valence-corrected chi connectivity index (χ2v) is 6.79. The first-order chi connectivity index (χ1) is 9.09. The Kier molecular flexibility index (Phi) is 4.88. The molecule has 1 nitrogen and oxygen atoms in total. The number of nitrogens with zero attached hydrogens (tertiary/aromatic N) is 1. The number of alkyl halides is 2. The van der Waals surface area contributed by atoms with Crippen molar-refractivity contribution in [1.29, 1.82) is 0 Å². The fourth-order valence-corrected chi connectivity index (χ4v) is 3.90. The van der Waals surface area contributed by atoms with E-state index >= 15 is 0 Å². The highest BCUT2D eigenvalue weighted by atomic mass is 35.5. The lowest BCUT2D eigenvalue weighted by atomic mass is 9.80. The summed E-state index contributed by atoms with van der Waals surface area (Å²) >= 11 is 14.3. The Labute approximate surface area is 128 Å². The maximum atomic E-state index is 6.27. The smallest absolute Gasteiger partial charge is 0.0896 e. The zero-order valence-electron chi connectivity index (χ0n) is 11.1. The lowest BCUT2D eigenvalue weighted by molar-refractivity contribution is 0.540. The third-order valence-electron chi connectivity index (χ3n) is 3.32. The van der Waals surface area contributed by atoms with Crippen LogP contribution in [0, 0.1) is 13.8 Å². The summed E-state index contributed by atoms with van der Waals surface area (Å²) in [6.45, 7) is 4.11. The molecule has 0 spiro atoms. The number of hydrogen-bond donors (Lipinski definition) is 0. The lowest BCUT2D eigenvalue weighted by Gasteiger charge is -2.30. The standard InChI is InChI=1S/C15H17Cl2NS/c1-11-4-3-5-13(6-11)15(9-16,10-17)7-14-8-18-12(2)19-14/h3-6,8H,7,9-10H2,1-2H3. The van der Waals surface area contributed by atoms with Crippen LogP contribution in [0.25, 0.3) is 0 Å². The van der Waals surface area contributed by atoms with Gasteiger partial charge in [-0.1, -0.05) is 29.8 Å². The molecule has 4 heteroatoms. The molecule has 0 N–H and O–H groups in total. The summed E-state index contributed by atoms with van der Waals surface area (Å²) in [6.07, 6.45) is 2.78. The topological polar surface area (TPSA) is 12.9 Å². The van der Waals surface area contributed by atoms with E-state index in [1.807, 2.05) is 13.1 Å². The van der Waals surface area contributed by atoms with E-state index in [4.69, 9.17) is 23.2 Å².